The molecule has 0 saturated carbocycles. The minimum atomic E-state index is -0.280. The number of rotatable bonds is 6. The van der Waals surface area contributed by atoms with Gasteiger partial charge in [0.1, 0.15) is 5.82 Å². The number of anilines is 1. The highest BCUT2D eigenvalue weighted by atomic mass is 32.1. The van der Waals surface area contributed by atoms with E-state index in [0.29, 0.717) is 51.8 Å². The zero-order chi connectivity index (χ0) is 21.3. The van der Waals surface area contributed by atoms with Crippen LogP contribution in [0.4, 0.5) is 5.82 Å². The normalized spacial score (nSPS) is 11.0. The molecule has 0 fully saturated rings. The van der Waals surface area contributed by atoms with Crippen LogP contribution in [0.25, 0.3) is 21.8 Å². The Morgan fingerprint density at radius 2 is 1.93 bits per heavy atom. The fraction of sp³-hybridized carbons (Fsp3) is 0.200. The lowest BCUT2D eigenvalue weighted by molar-refractivity contribution is 0.0949. The van der Waals surface area contributed by atoms with E-state index in [1.54, 1.807) is 30.9 Å². The summed E-state index contributed by atoms with van der Waals surface area (Å²) >= 11 is 5.40. The summed E-state index contributed by atoms with van der Waals surface area (Å²) in [6.45, 7) is 0.662. The molecule has 0 aliphatic rings. The van der Waals surface area contributed by atoms with Crippen molar-refractivity contribution in [2.75, 3.05) is 26.5 Å². The summed E-state index contributed by atoms with van der Waals surface area (Å²) in [5.74, 6) is 1.24. The van der Waals surface area contributed by atoms with Crippen molar-refractivity contribution in [1.82, 2.24) is 25.1 Å². The molecule has 0 unspecified atom stereocenters. The SMILES string of the molecule is COc1cc2nc(=S)n(CCNC(=O)c3n[nH]c4ccccc34)c(N)c2cc1OC. The molecule has 0 aliphatic carbocycles. The zero-order valence-electron chi connectivity index (χ0n) is 16.4. The van der Waals surface area contributed by atoms with Gasteiger partial charge in [0, 0.05) is 29.9 Å². The van der Waals surface area contributed by atoms with E-state index in [9.17, 15) is 4.79 Å². The van der Waals surface area contributed by atoms with Crippen LogP contribution in [0.5, 0.6) is 11.5 Å². The first-order valence-corrected chi connectivity index (χ1v) is 9.57. The van der Waals surface area contributed by atoms with Crippen molar-refractivity contribution < 1.29 is 14.3 Å². The van der Waals surface area contributed by atoms with Crippen molar-refractivity contribution in [1.29, 1.82) is 0 Å². The second-order valence-electron chi connectivity index (χ2n) is 6.53. The largest absolute Gasteiger partial charge is 0.493 e. The number of nitrogens with one attached hydrogen (secondary N) is 2. The third-order valence-corrected chi connectivity index (χ3v) is 5.13. The van der Waals surface area contributed by atoms with Gasteiger partial charge >= 0.3 is 0 Å². The fourth-order valence-corrected chi connectivity index (χ4v) is 3.58. The van der Waals surface area contributed by atoms with E-state index in [4.69, 9.17) is 27.4 Å². The Labute approximate surface area is 176 Å². The van der Waals surface area contributed by atoms with Gasteiger partial charge in [0.05, 0.1) is 25.3 Å². The standard InChI is InChI=1S/C20H20N6O3S/c1-28-15-9-12-14(10-16(15)29-2)23-20(30)26(18(12)21)8-7-22-19(27)17-11-5-3-4-6-13(11)24-25-17/h3-6,9-10H,7-8,21H2,1-2H3,(H,22,27)(H,24,25). The molecular formula is C20H20N6O3S. The van der Waals surface area contributed by atoms with Crippen LogP contribution in [-0.2, 0) is 6.54 Å². The second kappa shape index (κ2) is 7.99. The molecule has 4 N–H and O–H groups in total. The Morgan fingerprint density at radius 1 is 1.20 bits per heavy atom. The van der Waals surface area contributed by atoms with Crippen molar-refractivity contribution in [2.45, 2.75) is 6.54 Å². The fourth-order valence-electron chi connectivity index (χ4n) is 3.30. The highest BCUT2D eigenvalue weighted by molar-refractivity contribution is 7.71. The van der Waals surface area contributed by atoms with E-state index in [0.717, 1.165) is 10.9 Å². The summed E-state index contributed by atoms with van der Waals surface area (Å²) in [5.41, 5.74) is 8.11. The van der Waals surface area contributed by atoms with Gasteiger partial charge in [-0.2, -0.15) is 5.10 Å². The predicted molar refractivity (Wildman–Crippen MR) is 117 cm³/mol. The van der Waals surface area contributed by atoms with E-state index >= 15 is 0 Å². The average molecular weight is 424 g/mol. The number of benzene rings is 2. The molecule has 0 atom stereocenters. The summed E-state index contributed by atoms with van der Waals surface area (Å²) in [6.07, 6.45) is 0. The van der Waals surface area contributed by atoms with Crippen LogP contribution < -0.4 is 20.5 Å². The van der Waals surface area contributed by atoms with Crippen molar-refractivity contribution in [3.05, 3.63) is 46.9 Å². The number of hydrogen-bond donors (Lipinski definition) is 3. The smallest absolute Gasteiger partial charge is 0.272 e. The van der Waals surface area contributed by atoms with Crippen LogP contribution >= 0.6 is 12.2 Å². The van der Waals surface area contributed by atoms with Crippen molar-refractivity contribution >= 4 is 45.7 Å². The van der Waals surface area contributed by atoms with Crippen LogP contribution in [0.2, 0.25) is 0 Å². The molecule has 9 nitrogen and oxygen atoms in total. The quantitative estimate of drug-likeness (QED) is 0.407. The van der Waals surface area contributed by atoms with Crippen LogP contribution in [0.1, 0.15) is 10.5 Å². The van der Waals surface area contributed by atoms with Crippen LogP contribution in [-0.4, -0.2) is 46.4 Å². The first kappa shape index (κ1) is 19.6. The van der Waals surface area contributed by atoms with E-state index < -0.39 is 0 Å². The lowest BCUT2D eigenvalue weighted by atomic mass is 10.2. The number of methoxy groups -OCH3 is 2. The Hall–Kier alpha value is -3.66. The molecule has 2 aromatic carbocycles. The van der Waals surface area contributed by atoms with E-state index in [-0.39, 0.29) is 5.91 Å². The lowest BCUT2D eigenvalue weighted by Gasteiger charge is -2.15. The molecule has 4 rings (SSSR count). The number of amides is 1. The van der Waals surface area contributed by atoms with Gasteiger partial charge in [-0.05, 0) is 24.4 Å². The molecule has 0 radical (unpaired) electrons. The van der Waals surface area contributed by atoms with Crippen molar-refractivity contribution in [3.8, 4) is 11.5 Å². The Bertz CT molecular complexity index is 1310. The molecular weight excluding hydrogens is 404 g/mol. The van der Waals surface area contributed by atoms with Gasteiger partial charge < -0.3 is 25.1 Å². The Morgan fingerprint density at radius 3 is 2.70 bits per heavy atom. The van der Waals surface area contributed by atoms with Gasteiger partial charge in [-0.25, -0.2) is 4.98 Å². The Kier molecular flexibility index (Phi) is 5.23. The van der Waals surface area contributed by atoms with Gasteiger partial charge in [-0.1, -0.05) is 18.2 Å². The summed E-state index contributed by atoms with van der Waals surface area (Å²) in [5, 5.41) is 11.3. The molecule has 0 bridgehead atoms. The first-order valence-electron chi connectivity index (χ1n) is 9.17. The summed E-state index contributed by atoms with van der Waals surface area (Å²) in [6, 6.07) is 10.9. The summed E-state index contributed by atoms with van der Waals surface area (Å²) in [4.78, 5) is 17.0. The topological polar surface area (TPSA) is 120 Å². The van der Waals surface area contributed by atoms with Gasteiger partial charge in [-0.3, -0.25) is 9.89 Å². The minimum absolute atomic E-state index is 0.280. The predicted octanol–water partition coefficient (Wildman–Crippen LogP) is 2.67. The lowest BCUT2D eigenvalue weighted by Crippen LogP contribution is -2.28. The number of aromatic nitrogens is 4. The summed E-state index contributed by atoms with van der Waals surface area (Å²) < 4.78 is 12.6. The zero-order valence-corrected chi connectivity index (χ0v) is 17.2. The van der Waals surface area contributed by atoms with Gasteiger partial charge in [0.2, 0.25) is 4.77 Å². The van der Waals surface area contributed by atoms with Crippen LogP contribution in [0.3, 0.4) is 0 Å². The Balaban J connectivity index is 1.56. The first-order chi connectivity index (χ1) is 14.5. The number of para-hydroxylation sites is 1. The molecule has 154 valence electrons. The van der Waals surface area contributed by atoms with Gasteiger partial charge in [0.15, 0.2) is 17.2 Å². The molecule has 0 saturated heterocycles. The number of aromatic amines is 1. The number of nitrogens with zero attached hydrogens (tertiary/aromatic N) is 3. The van der Waals surface area contributed by atoms with Gasteiger partial charge in [0.25, 0.3) is 5.91 Å². The monoisotopic (exact) mass is 424 g/mol. The third-order valence-electron chi connectivity index (χ3n) is 4.82. The molecule has 10 heteroatoms. The maximum absolute atomic E-state index is 12.5. The number of nitrogen functional groups attached to an aromatic ring is 1. The molecule has 1 amide bonds. The highest BCUT2D eigenvalue weighted by Crippen LogP contribution is 2.33. The van der Waals surface area contributed by atoms with Gasteiger partial charge in [-0.15, -0.1) is 0 Å². The van der Waals surface area contributed by atoms with Crippen LogP contribution in [0.15, 0.2) is 36.4 Å². The number of hydrogen-bond acceptors (Lipinski definition) is 7. The summed E-state index contributed by atoms with van der Waals surface area (Å²) in [7, 11) is 3.10. The third kappa shape index (κ3) is 3.41. The molecule has 2 heterocycles. The molecule has 2 aromatic heterocycles. The molecule has 4 aromatic rings. The van der Waals surface area contributed by atoms with Crippen molar-refractivity contribution in [3.63, 3.8) is 0 Å². The molecule has 0 spiro atoms. The molecule has 30 heavy (non-hydrogen) atoms. The average Bonchev–Trinajstić information content (AvgIpc) is 3.19. The van der Waals surface area contributed by atoms with E-state index in [1.165, 1.54) is 0 Å². The number of carbonyl (C=O) groups is 1. The minimum Gasteiger partial charge on any atom is -0.493 e. The highest BCUT2D eigenvalue weighted by Gasteiger charge is 2.15. The maximum Gasteiger partial charge on any atom is 0.272 e. The second-order valence-corrected chi connectivity index (χ2v) is 6.89. The number of nitrogens with two attached hydrogens (primary N) is 1. The van der Waals surface area contributed by atoms with E-state index in [2.05, 4.69) is 20.5 Å². The molecule has 0 aliphatic heterocycles. The maximum atomic E-state index is 12.5. The number of ether oxygens (including phenoxy) is 2. The van der Waals surface area contributed by atoms with Crippen molar-refractivity contribution in [2.24, 2.45) is 0 Å². The van der Waals surface area contributed by atoms with Crippen LogP contribution in [0, 0.1) is 4.77 Å². The van der Waals surface area contributed by atoms with E-state index in [1.807, 2.05) is 24.3 Å². The number of fused-ring (bicyclic) bond motifs is 2. The number of carbonyl (C=O) groups excluding carboxylic acids is 1. The number of H-pyrrole nitrogens is 1.